The average Bonchev–Trinajstić information content (AvgIpc) is 2.91. The molecule has 1 aliphatic rings. The van der Waals surface area contributed by atoms with Gasteiger partial charge in [-0.25, -0.2) is 8.42 Å². The van der Waals surface area contributed by atoms with E-state index in [1.54, 1.807) is 28.6 Å². The summed E-state index contributed by atoms with van der Waals surface area (Å²) in [6.07, 6.45) is 1.80. The summed E-state index contributed by atoms with van der Waals surface area (Å²) in [5, 5.41) is 0.844. The average molecular weight is 320 g/mol. The Balaban J connectivity index is 1.96. The monoisotopic (exact) mass is 320 g/mol. The molecule has 118 valence electrons. The van der Waals surface area contributed by atoms with Crippen molar-refractivity contribution in [2.45, 2.75) is 31.6 Å². The number of Topliss-reactive ketones (excluding diaryl/α,β-unsaturated/α-hetero) is 1. The molecule has 1 aromatic heterocycles. The normalized spacial score (nSPS) is 17.9. The lowest BCUT2D eigenvalue weighted by Crippen LogP contribution is -2.37. The standard InChI is InChI=1S/C16H20N2O3S/c1-11-5-7-18(8-6-11)22(20,21)14-4-3-13-9-15(12(2)19)17-16(13)10-14/h3-4,9-11,17H,5-8H2,1-2H3. The van der Waals surface area contributed by atoms with Gasteiger partial charge in [0.05, 0.1) is 10.6 Å². The van der Waals surface area contributed by atoms with Crippen molar-refractivity contribution in [2.24, 2.45) is 5.92 Å². The second-order valence-electron chi connectivity index (χ2n) is 6.07. The first-order chi connectivity index (χ1) is 10.4. The molecule has 0 unspecified atom stereocenters. The molecule has 3 rings (SSSR count). The van der Waals surface area contributed by atoms with Crippen LogP contribution in [0.3, 0.4) is 0 Å². The zero-order valence-electron chi connectivity index (χ0n) is 12.8. The molecule has 22 heavy (non-hydrogen) atoms. The van der Waals surface area contributed by atoms with Crippen molar-refractivity contribution in [2.75, 3.05) is 13.1 Å². The zero-order valence-corrected chi connectivity index (χ0v) is 13.6. The minimum atomic E-state index is -3.46. The molecule has 0 spiro atoms. The lowest BCUT2D eigenvalue weighted by atomic mass is 10.0. The molecule has 1 fully saturated rings. The van der Waals surface area contributed by atoms with Crippen LogP contribution in [-0.4, -0.2) is 36.6 Å². The first-order valence-electron chi connectivity index (χ1n) is 7.52. The lowest BCUT2D eigenvalue weighted by Gasteiger charge is -2.29. The number of hydrogen-bond acceptors (Lipinski definition) is 3. The van der Waals surface area contributed by atoms with E-state index in [4.69, 9.17) is 0 Å². The molecule has 1 saturated heterocycles. The number of aromatic amines is 1. The molecule has 0 radical (unpaired) electrons. The van der Waals surface area contributed by atoms with E-state index >= 15 is 0 Å². The third-order valence-electron chi connectivity index (χ3n) is 4.35. The molecule has 5 nitrogen and oxygen atoms in total. The number of hydrogen-bond donors (Lipinski definition) is 1. The van der Waals surface area contributed by atoms with Crippen LogP contribution in [0.2, 0.25) is 0 Å². The summed E-state index contributed by atoms with van der Waals surface area (Å²) in [4.78, 5) is 14.7. The van der Waals surface area contributed by atoms with Gasteiger partial charge >= 0.3 is 0 Å². The minimum absolute atomic E-state index is 0.0642. The second kappa shape index (κ2) is 5.52. The summed E-state index contributed by atoms with van der Waals surface area (Å²) in [6.45, 7) is 4.78. The first-order valence-corrected chi connectivity index (χ1v) is 8.96. The highest BCUT2D eigenvalue weighted by molar-refractivity contribution is 7.89. The zero-order chi connectivity index (χ0) is 15.9. The van der Waals surface area contributed by atoms with Crippen molar-refractivity contribution < 1.29 is 13.2 Å². The SMILES string of the molecule is CC(=O)c1cc2ccc(S(=O)(=O)N3CCC(C)CC3)cc2[nH]1. The minimum Gasteiger partial charge on any atom is -0.352 e. The largest absolute Gasteiger partial charge is 0.352 e. The summed E-state index contributed by atoms with van der Waals surface area (Å²) < 4.78 is 27.0. The summed E-state index contributed by atoms with van der Waals surface area (Å²) in [6, 6.07) is 6.73. The predicted octanol–water partition coefficient (Wildman–Crippen LogP) is 2.79. The maximum absolute atomic E-state index is 12.7. The Morgan fingerprint density at radius 2 is 1.91 bits per heavy atom. The topological polar surface area (TPSA) is 70.2 Å². The number of sulfonamides is 1. The van der Waals surface area contributed by atoms with Gasteiger partial charge in [-0.15, -0.1) is 0 Å². The van der Waals surface area contributed by atoms with Gasteiger partial charge in [0.15, 0.2) is 5.78 Å². The number of piperidine rings is 1. The van der Waals surface area contributed by atoms with Crippen molar-refractivity contribution in [3.05, 3.63) is 30.0 Å². The number of rotatable bonds is 3. The van der Waals surface area contributed by atoms with Gasteiger partial charge in [0.25, 0.3) is 0 Å². The van der Waals surface area contributed by atoms with Crippen LogP contribution in [-0.2, 0) is 10.0 Å². The van der Waals surface area contributed by atoms with E-state index in [2.05, 4.69) is 11.9 Å². The molecular weight excluding hydrogens is 300 g/mol. The fraction of sp³-hybridized carbons (Fsp3) is 0.438. The highest BCUT2D eigenvalue weighted by Crippen LogP contribution is 2.26. The van der Waals surface area contributed by atoms with Gasteiger partial charge in [-0.3, -0.25) is 4.79 Å². The lowest BCUT2D eigenvalue weighted by molar-refractivity contribution is 0.101. The highest BCUT2D eigenvalue weighted by atomic mass is 32.2. The van der Waals surface area contributed by atoms with Crippen LogP contribution in [0, 0.1) is 5.92 Å². The van der Waals surface area contributed by atoms with E-state index in [1.807, 2.05) is 0 Å². The quantitative estimate of drug-likeness (QED) is 0.884. The molecule has 0 bridgehead atoms. The molecule has 1 N–H and O–H groups in total. The van der Waals surface area contributed by atoms with E-state index in [0.29, 0.717) is 30.2 Å². The van der Waals surface area contributed by atoms with Gasteiger partial charge in [0, 0.05) is 30.9 Å². The van der Waals surface area contributed by atoms with Crippen LogP contribution >= 0.6 is 0 Å². The Bertz CT molecular complexity index is 815. The van der Waals surface area contributed by atoms with Gasteiger partial charge in [0.2, 0.25) is 10.0 Å². The summed E-state index contributed by atoms with van der Waals surface area (Å²) in [7, 11) is -3.46. The second-order valence-corrected chi connectivity index (χ2v) is 8.01. The van der Waals surface area contributed by atoms with Gasteiger partial charge in [-0.1, -0.05) is 13.0 Å². The predicted molar refractivity (Wildman–Crippen MR) is 85.5 cm³/mol. The molecule has 2 heterocycles. The van der Waals surface area contributed by atoms with E-state index in [-0.39, 0.29) is 10.7 Å². The summed E-state index contributed by atoms with van der Waals surface area (Å²) >= 11 is 0. The highest BCUT2D eigenvalue weighted by Gasteiger charge is 2.28. The Kier molecular flexibility index (Phi) is 3.82. The molecule has 2 aromatic rings. The van der Waals surface area contributed by atoms with Gasteiger partial charge in [-0.05, 0) is 37.0 Å². The van der Waals surface area contributed by atoms with Crippen molar-refractivity contribution in [3.8, 4) is 0 Å². The van der Waals surface area contributed by atoms with E-state index in [9.17, 15) is 13.2 Å². The van der Waals surface area contributed by atoms with Crippen LogP contribution in [0.1, 0.15) is 37.2 Å². The van der Waals surface area contributed by atoms with E-state index in [1.165, 1.54) is 6.92 Å². The van der Waals surface area contributed by atoms with Gasteiger partial charge in [0.1, 0.15) is 0 Å². The number of ketones is 1. The maximum atomic E-state index is 12.7. The number of carbonyl (C=O) groups is 1. The molecule has 1 aromatic carbocycles. The molecule has 0 amide bonds. The van der Waals surface area contributed by atoms with Gasteiger partial charge < -0.3 is 4.98 Å². The Morgan fingerprint density at radius 3 is 2.55 bits per heavy atom. The van der Waals surface area contributed by atoms with Crippen molar-refractivity contribution >= 4 is 26.7 Å². The number of nitrogens with zero attached hydrogens (tertiary/aromatic N) is 1. The van der Waals surface area contributed by atoms with Crippen LogP contribution in [0.15, 0.2) is 29.2 Å². The molecule has 0 saturated carbocycles. The third kappa shape index (κ3) is 2.68. The number of nitrogens with one attached hydrogen (secondary N) is 1. The first kappa shape index (κ1) is 15.2. The molecular formula is C16H20N2O3S. The molecule has 1 aliphatic heterocycles. The number of benzene rings is 1. The summed E-state index contributed by atoms with van der Waals surface area (Å²) in [5.41, 5.74) is 1.17. The van der Waals surface area contributed by atoms with E-state index < -0.39 is 10.0 Å². The van der Waals surface area contributed by atoms with Crippen molar-refractivity contribution in [3.63, 3.8) is 0 Å². The van der Waals surface area contributed by atoms with Gasteiger partial charge in [-0.2, -0.15) is 4.31 Å². The number of H-pyrrole nitrogens is 1. The maximum Gasteiger partial charge on any atom is 0.243 e. The number of fused-ring (bicyclic) bond motifs is 1. The van der Waals surface area contributed by atoms with Crippen LogP contribution in [0.5, 0.6) is 0 Å². The van der Waals surface area contributed by atoms with E-state index in [0.717, 1.165) is 18.2 Å². The Morgan fingerprint density at radius 1 is 1.23 bits per heavy atom. The van der Waals surface area contributed by atoms with Crippen LogP contribution < -0.4 is 0 Å². The fourth-order valence-corrected chi connectivity index (χ4v) is 4.33. The third-order valence-corrected chi connectivity index (χ3v) is 6.25. The summed E-state index contributed by atoms with van der Waals surface area (Å²) in [5.74, 6) is 0.515. The van der Waals surface area contributed by atoms with Crippen molar-refractivity contribution in [1.82, 2.24) is 9.29 Å². The van der Waals surface area contributed by atoms with Crippen LogP contribution in [0.25, 0.3) is 10.9 Å². The smallest absolute Gasteiger partial charge is 0.243 e. The van der Waals surface area contributed by atoms with Crippen molar-refractivity contribution in [1.29, 1.82) is 0 Å². The fourth-order valence-electron chi connectivity index (χ4n) is 2.83. The number of carbonyl (C=O) groups excluding carboxylic acids is 1. The number of aromatic nitrogens is 1. The Hall–Kier alpha value is -1.66. The molecule has 0 atom stereocenters. The molecule has 6 heteroatoms. The Labute approximate surface area is 130 Å². The molecule has 0 aliphatic carbocycles. The van der Waals surface area contributed by atoms with Crippen LogP contribution in [0.4, 0.5) is 0 Å².